The number of benzene rings is 3. The van der Waals surface area contributed by atoms with Crippen molar-refractivity contribution in [3.8, 4) is 5.75 Å². The molecule has 0 aromatic heterocycles. The third kappa shape index (κ3) is 5.01. The Morgan fingerprint density at radius 1 is 0.962 bits per heavy atom. The zero-order chi connectivity index (χ0) is 18.4. The van der Waals surface area contributed by atoms with Gasteiger partial charge in [0.05, 0.1) is 21.9 Å². The van der Waals surface area contributed by atoms with Crippen LogP contribution in [0.3, 0.4) is 0 Å². The van der Waals surface area contributed by atoms with Gasteiger partial charge in [-0.3, -0.25) is 5.43 Å². The smallest absolute Gasteiger partial charge is 0.128 e. The normalized spacial score (nSPS) is 10.9. The quantitative estimate of drug-likeness (QED) is 0.398. The fourth-order valence-corrected chi connectivity index (χ4v) is 2.60. The summed E-state index contributed by atoms with van der Waals surface area (Å²) < 4.78 is 5.94. The number of nitrogens with one attached hydrogen (secondary N) is 1. The zero-order valence-corrected chi connectivity index (χ0v) is 15.8. The standard InChI is InChI=1S/C21H18Cl2N2O/c1-15-6-8-16(9-7-15)14-26-21-5-3-2-4-17(21)13-24-25-18-10-11-19(22)20(23)12-18/h2-13,25H,14H2,1H3. The number of aryl methyl sites for hydroxylation is 1. The first kappa shape index (κ1) is 18.3. The first-order valence-corrected chi connectivity index (χ1v) is 8.89. The van der Waals surface area contributed by atoms with Gasteiger partial charge in [0.2, 0.25) is 0 Å². The molecule has 5 heteroatoms. The fourth-order valence-electron chi connectivity index (χ4n) is 2.31. The third-order valence-corrected chi connectivity index (χ3v) is 4.49. The molecule has 0 unspecified atom stereocenters. The van der Waals surface area contributed by atoms with E-state index >= 15 is 0 Å². The maximum Gasteiger partial charge on any atom is 0.128 e. The topological polar surface area (TPSA) is 33.6 Å². The predicted octanol–water partition coefficient (Wildman–Crippen LogP) is 6.33. The number of ether oxygens (including phenoxy) is 1. The van der Waals surface area contributed by atoms with Gasteiger partial charge in [0.25, 0.3) is 0 Å². The molecule has 0 saturated carbocycles. The Balaban J connectivity index is 1.66. The number of hydrogen-bond donors (Lipinski definition) is 1. The molecular weight excluding hydrogens is 367 g/mol. The summed E-state index contributed by atoms with van der Waals surface area (Å²) in [6.45, 7) is 2.57. The van der Waals surface area contributed by atoms with Gasteiger partial charge in [-0.2, -0.15) is 5.10 Å². The number of para-hydroxylation sites is 1. The molecule has 3 rings (SSSR count). The molecular formula is C21H18Cl2N2O. The maximum atomic E-state index is 6.00. The van der Waals surface area contributed by atoms with Gasteiger partial charge < -0.3 is 4.74 Å². The fraction of sp³-hybridized carbons (Fsp3) is 0.0952. The van der Waals surface area contributed by atoms with E-state index in [2.05, 4.69) is 41.7 Å². The summed E-state index contributed by atoms with van der Waals surface area (Å²) >= 11 is 11.9. The molecule has 0 radical (unpaired) electrons. The molecule has 3 aromatic carbocycles. The Kier molecular flexibility index (Phi) is 6.16. The van der Waals surface area contributed by atoms with E-state index in [0.717, 1.165) is 22.6 Å². The van der Waals surface area contributed by atoms with Gasteiger partial charge in [0.1, 0.15) is 12.4 Å². The van der Waals surface area contributed by atoms with Crippen LogP contribution in [0.15, 0.2) is 71.8 Å². The van der Waals surface area contributed by atoms with Gasteiger partial charge >= 0.3 is 0 Å². The minimum absolute atomic E-state index is 0.480. The van der Waals surface area contributed by atoms with Crippen LogP contribution in [0, 0.1) is 6.92 Å². The van der Waals surface area contributed by atoms with E-state index in [9.17, 15) is 0 Å². The van der Waals surface area contributed by atoms with E-state index in [1.54, 1.807) is 18.3 Å². The Morgan fingerprint density at radius 3 is 2.50 bits per heavy atom. The van der Waals surface area contributed by atoms with Crippen molar-refractivity contribution in [1.29, 1.82) is 0 Å². The van der Waals surface area contributed by atoms with E-state index in [1.807, 2.05) is 30.3 Å². The monoisotopic (exact) mass is 384 g/mol. The lowest BCUT2D eigenvalue weighted by atomic mass is 10.1. The molecule has 0 saturated heterocycles. The van der Waals surface area contributed by atoms with E-state index in [-0.39, 0.29) is 0 Å². The summed E-state index contributed by atoms with van der Waals surface area (Å²) in [4.78, 5) is 0. The third-order valence-electron chi connectivity index (χ3n) is 3.75. The van der Waals surface area contributed by atoms with Gasteiger partial charge in [-0.25, -0.2) is 0 Å². The summed E-state index contributed by atoms with van der Waals surface area (Å²) in [6.07, 6.45) is 1.72. The summed E-state index contributed by atoms with van der Waals surface area (Å²) in [5, 5.41) is 5.24. The molecule has 0 aliphatic carbocycles. The molecule has 3 nitrogen and oxygen atoms in total. The van der Waals surface area contributed by atoms with Gasteiger partial charge in [-0.15, -0.1) is 0 Å². The Morgan fingerprint density at radius 2 is 1.73 bits per heavy atom. The average Bonchev–Trinajstić information content (AvgIpc) is 2.65. The van der Waals surface area contributed by atoms with E-state index in [4.69, 9.17) is 27.9 Å². The zero-order valence-electron chi connectivity index (χ0n) is 14.2. The van der Waals surface area contributed by atoms with Crippen LogP contribution in [0.4, 0.5) is 5.69 Å². The first-order valence-electron chi connectivity index (χ1n) is 8.13. The molecule has 26 heavy (non-hydrogen) atoms. The summed E-state index contributed by atoms with van der Waals surface area (Å²) in [5.41, 5.74) is 6.93. The number of nitrogens with zero attached hydrogens (tertiary/aromatic N) is 1. The predicted molar refractivity (Wildman–Crippen MR) is 110 cm³/mol. The minimum Gasteiger partial charge on any atom is -0.488 e. The minimum atomic E-state index is 0.480. The highest BCUT2D eigenvalue weighted by Crippen LogP contribution is 2.25. The van der Waals surface area contributed by atoms with Crippen molar-refractivity contribution in [2.45, 2.75) is 13.5 Å². The first-order chi connectivity index (χ1) is 12.6. The van der Waals surface area contributed by atoms with Crippen molar-refractivity contribution in [2.75, 3.05) is 5.43 Å². The molecule has 132 valence electrons. The van der Waals surface area contributed by atoms with Crippen molar-refractivity contribution >= 4 is 35.1 Å². The number of halogens is 2. The molecule has 0 heterocycles. The largest absolute Gasteiger partial charge is 0.488 e. The molecule has 0 atom stereocenters. The van der Waals surface area contributed by atoms with Crippen LogP contribution in [0.25, 0.3) is 0 Å². The van der Waals surface area contributed by atoms with Crippen LogP contribution < -0.4 is 10.2 Å². The molecule has 0 amide bonds. The van der Waals surface area contributed by atoms with Crippen LogP contribution in [-0.2, 0) is 6.61 Å². The molecule has 1 N–H and O–H groups in total. The van der Waals surface area contributed by atoms with Crippen LogP contribution >= 0.6 is 23.2 Å². The highest BCUT2D eigenvalue weighted by atomic mass is 35.5. The van der Waals surface area contributed by atoms with Crippen molar-refractivity contribution in [3.05, 3.63) is 93.5 Å². The second-order valence-corrected chi connectivity index (χ2v) is 6.63. The Bertz CT molecular complexity index is 908. The van der Waals surface area contributed by atoms with Crippen LogP contribution in [0.2, 0.25) is 10.0 Å². The van der Waals surface area contributed by atoms with Crippen molar-refractivity contribution < 1.29 is 4.74 Å². The molecule has 0 fully saturated rings. The van der Waals surface area contributed by atoms with Gasteiger partial charge in [-0.05, 0) is 42.8 Å². The van der Waals surface area contributed by atoms with Crippen molar-refractivity contribution in [2.24, 2.45) is 5.10 Å². The highest BCUT2D eigenvalue weighted by molar-refractivity contribution is 6.42. The molecule has 0 aliphatic heterocycles. The number of hydrogen-bond acceptors (Lipinski definition) is 3. The lowest BCUT2D eigenvalue weighted by molar-refractivity contribution is 0.306. The second-order valence-electron chi connectivity index (χ2n) is 5.81. The number of anilines is 1. The lowest BCUT2D eigenvalue weighted by Crippen LogP contribution is -1.99. The molecule has 0 spiro atoms. The molecule has 0 bridgehead atoms. The second kappa shape index (κ2) is 8.75. The average molecular weight is 385 g/mol. The SMILES string of the molecule is Cc1ccc(COc2ccccc2C=NNc2ccc(Cl)c(Cl)c2)cc1. The van der Waals surface area contributed by atoms with Crippen LogP contribution in [0.1, 0.15) is 16.7 Å². The van der Waals surface area contributed by atoms with Crippen molar-refractivity contribution in [1.82, 2.24) is 0 Å². The lowest BCUT2D eigenvalue weighted by Gasteiger charge is -2.09. The molecule has 0 aliphatic rings. The number of rotatable bonds is 6. The van der Waals surface area contributed by atoms with E-state index < -0.39 is 0 Å². The summed E-state index contributed by atoms with van der Waals surface area (Å²) in [5.74, 6) is 0.771. The van der Waals surface area contributed by atoms with E-state index in [0.29, 0.717) is 16.7 Å². The van der Waals surface area contributed by atoms with Gasteiger partial charge in [0.15, 0.2) is 0 Å². The van der Waals surface area contributed by atoms with Crippen LogP contribution in [-0.4, -0.2) is 6.21 Å². The number of hydrazone groups is 1. The van der Waals surface area contributed by atoms with Crippen LogP contribution in [0.5, 0.6) is 5.75 Å². The van der Waals surface area contributed by atoms with Gasteiger partial charge in [-0.1, -0.05) is 65.2 Å². The van der Waals surface area contributed by atoms with Crippen molar-refractivity contribution in [3.63, 3.8) is 0 Å². The highest BCUT2D eigenvalue weighted by Gasteiger charge is 2.02. The molecule has 3 aromatic rings. The maximum absolute atomic E-state index is 6.00. The van der Waals surface area contributed by atoms with E-state index in [1.165, 1.54) is 5.56 Å². The Labute approximate surface area is 163 Å². The summed E-state index contributed by atoms with van der Waals surface area (Å²) in [6, 6.07) is 21.3. The summed E-state index contributed by atoms with van der Waals surface area (Å²) in [7, 11) is 0. The van der Waals surface area contributed by atoms with Gasteiger partial charge in [0, 0.05) is 5.56 Å². The Hall–Kier alpha value is -2.49.